The van der Waals surface area contributed by atoms with Crippen LogP contribution in [-0.4, -0.2) is 10.8 Å². The Morgan fingerprint density at radius 1 is 0.815 bits per heavy atom. The van der Waals surface area contributed by atoms with Crippen LogP contribution < -0.4 is 0 Å². The van der Waals surface area contributed by atoms with Crippen molar-refractivity contribution in [2.75, 3.05) is 0 Å². The second-order valence-electron chi connectivity index (χ2n) is 6.18. The Balaban J connectivity index is 1.92. The van der Waals surface area contributed by atoms with Crippen LogP contribution in [0.15, 0.2) is 91.0 Å². The van der Waals surface area contributed by atoms with Crippen LogP contribution in [0.4, 0.5) is 0 Å². The molecule has 0 bridgehead atoms. The first-order valence-corrected chi connectivity index (χ1v) is 9.02. The number of Topliss-reactive ketones (excluding diaryl/α,β-unsaturated/α-hetero) is 1. The average molecular weight is 370 g/mol. The Kier molecular flexibility index (Phi) is 4.82. The normalized spacial score (nSPS) is 11.5. The fraction of sp³-hybridized carbons (Fsp3) is 0. The number of carbonyl (C=O) groups is 1. The van der Waals surface area contributed by atoms with Crippen LogP contribution in [0, 0.1) is 0 Å². The van der Waals surface area contributed by atoms with Crippen LogP contribution in [0.2, 0.25) is 5.02 Å². The van der Waals surface area contributed by atoms with E-state index < -0.39 is 0 Å². The molecule has 0 atom stereocenters. The van der Waals surface area contributed by atoms with E-state index in [1.165, 1.54) is 0 Å². The molecule has 4 aromatic rings. The minimum absolute atomic E-state index is 0.107. The van der Waals surface area contributed by atoms with Crippen molar-refractivity contribution in [2.24, 2.45) is 0 Å². The Labute approximate surface area is 162 Å². The molecular weight excluding hydrogens is 354 g/mol. The molecule has 0 amide bonds. The van der Waals surface area contributed by atoms with Gasteiger partial charge in [-0.2, -0.15) is 0 Å². The first kappa shape index (κ1) is 17.2. The van der Waals surface area contributed by atoms with Gasteiger partial charge in [0.15, 0.2) is 5.78 Å². The lowest BCUT2D eigenvalue weighted by atomic mass is 9.97. The third-order valence-electron chi connectivity index (χ3n) is 4.32. The van der Waals surface area contributed by atoms with Crippen molar-refractivity contribution in [1.29, 1.82) is 0 Å². The zero-order chi connectivity index (χ0) is 18.6. The summed E-state index contributed by atoms with van der Waals surface area (Å²) in [6.07, 6.45) is 1.85. The number of hydrogen-bond acceptors (Lipinski definition) is 2. The van der Waals surface area contributed by atoms with Gasteiger partial charge in [-0.15, -0.1) is 0 Å². The fourth-order valence-corrected chi connectivity index (χ4v) is 3.24. The quantitative estimate of drug-likeness (QED) is 0.311. The van der Waals surface area contributed by atoms with E-state index in [4.69, 9.17) is 16.6 Å². The van der Waals surface area contributed by atoms with Crippen molar-refractivity contribution in [3.05, 3.63) is 113 Å². The Morgan fingerprint density at radius 2 is 1.44 bits per heavy atom. The van der Waals surface area contributed by atoms with Gasteiger partial charge < -0.3 is 0 Å². The van der Waals surface area contributed by atoms with Gasteiger partial charge in [0.05, 0.1) is 21.8 Å². The number of fused-ring (bicyclic) bond motifs is 1. The number of pyridine rings is 1. The maximum absolute atomic E-state index is 13.3. The minimum atomic E-state index is -0.107. The summed E-state index contributed by atoms with van der Waals surface area (Å²) in [6.45, 7) is 0. The highest BCUT2D eigenvalue weighted by atomic mass is 35.5. The number of benzene rings is 3. The summed E-state index contributed by atoms with van der Waals surface area (Å²) < 4.78 is 0. The van der Waals surface area contributed by atoms with Crippen molar-refractivity contribution in [3.8, 4) is 0 Å². The Morgan fingerprint density at radius 3 is 2.19 bits per heavy atom. The third-order valence-corrected chi connectivity index (χ3v) is 4.61. The van der Waals surface area contributed by atoms with Gasteiger partial charge in [-0.3, -0.25) is 4.79 Å². The van der Waals surface area contributed by atoms with Crippen LogP contribution in [-0.2, 0) is 0 Å². The number of aromatic nitrogens is 1. The molecule has 0 saturated heterocycles. The van der Waals surface area contributed by atoms with Gasteiger partial charge in [-0.05, 0) is 23.8 Å². The van der Waals surface area contributed by atoms with Gasteiger partial charge in [0.25, 0.3) is 0 Å². The molecular formula is C24H16ClNO. The van der Waals surface area contributed by atoms with Gasteiger partial charge in [0.2, 0.25) is 0 Å². The number of ketones is 1. The number of halogens is 1. The highest BCUT2D eigenvalue weighted by molar-refractivity contribution is 6.38. The maximum Gasteiger partial charge on any atom is 0.195 e. The molecule has 3 heteroatoms. The summed E-state index contributed by atoms with van der Waals surface area (Å²) in [5, 5.41) is 1.40. The Hall–Kier alpha value is -3.23. The van der Waals surface area contributed by atoms with Gasteiger partial charge >= 0.3 is 0 Å². The van der Waals surface area contributed by atoms with Crippen LogP contribution in [0.5, 0.6) is 0 Å². The molecule has 3 aromatic carbocycles. The molecule has 0 unspecified atom stereocenters. The van der Waals surface area contributed by atoms with Gasteiger partial charge in [-0.25, -0.2) is 4.98 Å². The van der Waals surface area contributed by atoms with E-state index in [0.717, 1.165) is 16.5 Å². The van der Waals surface area contributed by atoms with Crippen molar-refractivity contribution in [3.63, 3.8) is 0 Å². The van der Waals surface area contributed by atoms with E-state index in [9.17, 15) is 4.79 Å². The van der Waals surface area contributed by atoms with Crippen molar-refractivity contribution < 1.29 is 4.79 Å². The zero-order valence-electron chi connectivity index (χ0n) is 14.5. The summed E-state index contributed by atoms with van der Waals surface area (Å²) in [5.74, 6) is -0.107. The van der Waals surface area contributed by atoms with Gasteiger partial charge in [-0.1, -0.05) is 90.5 Å². The van der Waals surface area contributed by atoms with E-state index in [1.54, 1.807) is 12.1 Å². The average Bonchev–Trinajstić information content (AvgIpc) is 2.72. The molecule has 2 nitrogen and oxygen atoms in total. The number of para-hydroxylation sites is 1. The number of carbonyl (C=O) groups excluding carboxylic acids is 1. The highest BCUT2D eigenvalue weighted by Crippen LogP contribution is 2.30. The predicted octanol–water partition coefficient (Wildman–Crippen LogP) is 6.31. The molecule has 0 N–H and O–H groups in total. The molecule has 27 heavy (non-hydrogen) atoms. The Bertz CT molecular complexity index is 1130. The standard InChI is InChI=1S/C24H16ClNO/c25-21-16-19-13-7-8-14-22(19)26-23(21)20(15-17-9-3-1-4-10-17)24(27)18-11-5-2-6-12-18/h1-16H. The van der Waals surface area contributed by atoms with E-state index >= 15 is 0 Å². The molecule has 1 aromatic heterocycles. The summed E-state index contributed by atoms with van der Waals surface area (Å²) in [5.41, 5.74) is 3.29. The van der Waals surface area contributed by atoms with Crippen molar-refractivity contribution >= 4 is 39.9 Å². The second kappa shape index (κ2) is 7.56. The number of hydrogen-bond donors (Lipinski definition) is 0. The molecule has 0 aliphatic rings. The molecule has 0 saturated carbocycles. The summed E-state index contributed by atoms with van der Waals surface area (Å²) >= 11 is 6.54. The molecule has 0 spiro atoms. The fourth-order valence-electron chi connectivity index (χ4n) is 2.98. The van der Waals surface area contributed by atoms with E-state index in [1.807, 2.05) is 84.9 Å². The number of rotatable bonds is 4. The first-order chi connectivity index (χ1) is 13.2. The molecule has 1 heterocycles. The van der Waals surface area contributed by atoms with E-state index in [-0.39, 0.29) is 5.78 Å². The molecule has 4 rings (SSSR count). The summed E-state index contributed by atoms with van der Waals surface area (Å²) in [6, 6.07) is 28.5. The molecule has 0 radical (unpaired) electrons. The lowest BCUT2D eigenvalue weighted by molar-refractivity contribution is 0.105. The third kappa shape index (κ3) is 3.67. The van der Waals surface area contributed by atoms with E-state index in [0.29, 0.717) is 21.9 Å². The van der Waals surface area contributed by atoms with Crippen molar-refractivity contribution in [1.82, 2.24) is 4.98 Å². The largest absolute Gasteiger partial charge is 0.289 e. The number of nitrogens with zero attached hydrogens (tertiary/aromatic N) is 1. The van der Waals surface area contributed by atoms with E-state index in [2.05, 4.69) is 0 Å². The van der Waals surface area contributed by atoms with Crippen LogP contribution in [0.1, 0.15) is 21.6 Å². The van der Waals surface area contributed by atoms with Gasteiger partial charge in [0, 0.05) is 10.9 Å². The zero-order valence-corrected chi connectivity index (χ0v) is 15.2. The monoisotopic (exact) mass is 369 g/mol. The van der Waals surface area contributed by atoms with Crippen LogP contribution >= 0.6 is 11.6 Å². The maximum atomic E-state index is 13.3. The minimum Gasteiger partial charge on any atom is -0.289 e. The topological polar surface area (TPSA) is 30.0 Å². The first-order valence-electron chi connectivity index (χ1n) is 8.64. The van der Waals surface area contributed by atoms with Crippen LogP contribution in [0.25, 0.3) is 22.6 Å². The molecule has 130 valence electrons. The molecule has 0 aliphatic heterocycles. The molecule has 0 aliphatic carbocycles. The predicted molar refractivity (Wildman–Crippen MR) is 112 cm³/mol. The second-order valence-corrected chi connectivity index (χ2v) is 6.58. The van der Waals surface area contributed by atoms with Crippen LogP contribution in [0.3, 0.4) is 0 Å². The summed E-state index contributed by atoms with van der Waals surface area (Å²) in [4.78, 5) is 18.0. The SMILES string of the molecule is O=C(C(=Cc1ccccc1)c1nc2ccccc2cc1Cl)c1ccccc1. The summed E-state index contributed by atoms with van der Waals surface area (Å²) in [7, 11) is 0. The smallest absolute Gasteiger partial charge is 0.195 e. The lowest BCUT2D eigenvalue weighted by Gasteiger charge is -2.10. The molecule has 0 fully saturated rings. The van der Waals surface area contributed by atoms with Gasteiger partial charge in [0.1, 0.15) is 0 Å². The lowest BCUT2D eigenvalue weighted by Crippen LogP contribution is -2.05. The number of allylic oxidation sites excluding steroid dienone is 1. The highest BCUT2D eigenvalue weighted by Gasteiger charge is 2.19. The van der Waals surface area contributed by atoms with Crippen molar-refractivity contribution in [2.45, 2.75) is 0 Å².